The standard InChI is InChI=1S/C8H6N8O2/c9-3-1-4(14-7(10)12-3)13-5-2(11-1)6(17)16-8(18)15-5/h(H6,9,10,12,13,14,15,16,17,18). The van der Waals surface area contributed by atoms with Crippen LogP contribution in [0.3, 0.4) is 0 Å². The molecule has 3 heterocycles. The molecule has 0 aliphatic rings. The second kappa shape index (κ2) is 3.23. The quantitative estimate of drug-likeness (QED) is 0.333. The van der Waals surface area contributed by atoms with Gasteiger partial charge < -0.3 is 11.5 Å². The molecule has 0 radical (unpaired) electrons. The van der Waals surface area contributed by atoms with Gasteiger partial charge in [0, 0.05) is 0 Å². The fourth-order valence-electron chi connectivity index (χ4n) is 1.53. The minimum Gasteiger partial charge on any atom is -0.382 e. The van der Waals surface area contributed by atoms with Crippen molar-refractivity contribution in [2.24, 2.45) is 0 Å². The number of nitrogen functional groups attached to an aromatic ring is 2. The zero-order valence-corrected chi connectivity index (χ0v) is 8.76. The lowest BCUT2D eigenvalue weighted by molar-refractivity contribution is 1.05. The summed E-state index contributed by atoms with van der Waals surface area (Å²) in [6, 6.07) is 0. The number of aromatic nitrogens is 6. The van der Waals surface area contributed by atoms with Gasteiger partial charge in [0.2, 0.25) is 5.95 Å². The van der Waals surface area contributed by atoms with Crippen molar-refractivity contribution < 1.29 is 0 Å². The van der Waals surface area contributed by atoms with Crippen LogP contribution >= 0.6 is 0 Å². The van der Waals surface area contributed by atoms with E-state index in [0.717, 1.165) is 0 Å². The molecule has 0 aromatic carbocycles. The van der Waals surface area contributed by atoms with Crippen LogP contribution in [0.1, 0.15) is 0 Å². The maximum absolute atomic E-state index is 11.5. The van der Waals surface area contributed by atoms with Crippen molar-refractivity contribution in [2.75, 3.05) is 11.5 Å². The van der Waals surface area contributed by atoms with Gasteiger partial charge in [-0.15, -0.1) is 0 Å². The Labute approximate surface area is 97.1 Å². The van der Waals surface area contributed by atoms with Crippen molar-refractivity contribution in [3.05, 3.63) is 20.8 Å². The summed E-state index contributed by atoms with van der Waals surface area (Å²) in [4.78, 5) is 42.5. The van der Waals surface area contributed by atoms with E-state index in [0.29, 0.717) is 0 Å². The van der Waals surface area contributed by atoms with E-state index < -0.39 is 11.2 Å². The maximum Gasteiger partial charge on any atom is 0.327 e. The Kier molecular flexibility index (Phi) is 1.82. The van der Waals surface area contributed by atoms with Crippen LogP contribution in [0, 0.1) is 0 Å². The molecule has 0 fully saturated rings. The lowest BCUT2D eigenvalue weighted by Crippen LogP contribution is -2.23. The molecule has 3 aromatic heterocycles. The highest BCUT2D eigenvalue weighted by Gasteiger charge is 2.11. The smallest absolute Gasteiger partial charge is 0.327 e. The van der Waals surface area contributed by atoms with Crippen LogP contribution in [0.5, 0.6) is 0 Å². The Morgan fingerprint density at radius 2 is 1.67 bits per heavy atom. The zero-order chi connectivity index (χ0) is 12.9. The average molecular weight is 246 g/mol. The molecule has 90 valence electrons. The molecule has 3 aromatic rings. The number of aromatic amines is 2. The largest absolute Gasteiger partial charge is 0.382 e. The van der Waals surface area contributed by atoms with Gasteiger partial charge in [0.25, 0.3) is 5.56 Å². The number of fused-ring (bicyclic) bond motifs is 2. The van der Waals surface area contributed by atoms with Crippen LogP contribution in [0.15, 0.2) is 9.59 Å². The average Bonchev–Trinajstić information content (AvgIpc) is 2.26. The zero-order valence-electron chi connectivity index (χ0n) is 8.76. The molecule has 10 nitrogen and oxygen atoms in total. The fourth-order valence-corrected chi connectivity index (χ4v) is 1.53. The fraction of sp³-hybridized carbons (Fsp3) is 0. The van der Waals surface area contributed by atoms with Gasteiger partial charge in [0.15, 0.2) is 28.1 Å². The van der Waals surface area contributed by atoms with Crippen LogP contribution in [0.2, 0.25) is 0 Å². The van der Waals surface area contributed by atoms with Crippen molar-refractivity contribution in [3.8, 4) is 0 Å². The predicted octanol–water partition coefficient (Wildman–Crippen LogP) is -1.89. The Balaban J connectivity index is 2.59. The molecule has 6 N–H and O–H groups in total. The molecule has 0 aliphatic heterocycles. The molecular weight excluding hydrogens is 240 g/mol. The third-order valence-electron chi connectivity index (χ3n) is 2.25. The predicted molar refractivity (Wildman–Crippen MR) is 62.7 cm³/mol. The molecule has 18 heavy (non-hydrogen) atoms. The summed E-state index contributed by atoms with van der Waals surface area (Å²) in [5, 5.41) is 0. The first-order valence-corrected chi connectivity index (χ1v) is 4.77. The third kappa shape index (κ3) is 1.36. The van der Waals surface area contributed by atoms with Gasteiger partial charge in [-0.2, -0.15) is 9.97 Å². The minimum absolute atomic E-state index is 0.00810. The van der Waals surface area contributed by atoms with E-state index >= 15 is 0 Å². The highest BCUT2D eigenvalue weighted by molar-refractivity contribution is 5.88. The van der Waals surface area contributed by atoms with E-state index in [4.69, 9.17) is 11.5 Å². The highest BCUT2D eigenvalue weighted by atomic mass is 16.2. The van der Waals surface area contributed by atoms with Crippen molar-refractivity contribution in [1.82, 2.24) is 29.9 Å². The number of rotatable bonds is 0. The molecule has 0 spiro atoms. The Bertz CT molecular complexity index is 895. The molecule has 0 aliphatic carbocycles. The second-order valence-corrected chi connectivity index (χ2v) is 3.47. The highest BCUT2D eigenvalue weighted by Crippen LogP contribution is 2.15. The van der Waals surface area contributed by atoms with Gasteiger partial charge >= 0.3 is 5.69 Å². The Morgan fingerprint density at radius 1 is 0.889 bits per heavy atom. The normalized spacial score (nSPS) is 11.1. The molecule has 0 saturated heterocycles. The number of nitrogens with one attached hydrogen (secondary N) is 2. The first kappa shape index (κ1) is 10.1. The van der Waals surface area contributed by atoms with Crippen LogP contribution in [0.4, 0.5) is 11.8 Å². The molecule has 0 amide bonds. The summed E-state index contributed by atoms with van der Waals surface area (Å²) < 4.78 is 0. The van der Waals surface area contributed by atoms with Crippen LogP contribution < -0.4 is 22.7 Å². The van der Waals surface area contributed by atoms with E-state index in [1.54, 1.807) is 0 Å². The maximum atomic E-state index is 11.5. The van der Waals surface area contributed by atoms with Gasteiger partial charge in [0.05, 0.1) is 0 Å². The molecule has 3 rings (SSSR count). The number of anilines is 2. The summed E-state index contributed by atoms with van der Waals surface area (Å²) >= 11 is 0. The van der Waals surface area contributed by atoms with Gasteiger partial charge in [-0.25, -0.2) is 14.8 Å². The SMILES string of the molecule is Nc1nc(N)c2nc3c(=O)[nH]c(=O)[nH]c3nc2n1. The van der Waals surface area contributed by atoms with Crippen molar-refractivity contribution in [2.45, 2.75) is 0 Å². The minimum atomic E-state index is -0.684. The van der Waals surface area contributed by atoms with E-state index in [1.165, 1.54) is 0 Å². The topological polar surface area (TPSA) is 169 Å². The van der Waals surface area contributed by atoms with Gasteiger partial charge in [-0.3, -0.25) is 14.8 Å². The van der Waals surface area contributed by atoms with E-state index in [2.05, 4.69) is 24.9 Å². The van der Waals surface area contributed by atoms with Crippen molar-refractivity contribution in [3.63, 3.8) is 0 Å². The van der Waals surface area contributed by atoms with Crippen LogP contribution in [-0.2, 0) is 0 Å². The van der Waals surface area contributed by atoms with Crippen molar-refractivity contribution in [1.29, 1.82) is 0 Å². The molecule has 0 bridgehead atoms. The van der Waals surface area contributed by atoms with E-state index in [9.17, 15) is 9.59 Å². The summed E-state index contributed by atoms with van der Waals surface area (Å²) in [5.74, 6) is -0.0571. The summed E-state index contributed by atoms with van der Waals surface area (Å²) in [6.07, 6.45) is 0. The summed E-state index contributed by atoms with van der Waals surface area (Å²) in [7, 11) is 0. The Morgan fingerprint density at radius 3 is 2.44 bits per heavy atom. The Hall–Kier alpha value is -3.04. The van der Waals surface area contributed by atoms with Crippen LogP contribution in [-0.4, -0.2) is 29.9 Å². The molecule has 10 heteroatoms. The number of H-pyrrole nitrogens is 2. The van der Waals surface area contributed by atoms with Crippen LogP contribution in [0.25, 0.3) is 22.3 Å². The second-order valence-electron chi connectivity index (χ2n) is 3.47. The van der Waals surface area contributed by atoms with Gasteiger partial charge in [0.1, 0.15) is 0 Å². The summed E-state index contributed by atoms with van der Waals surface area (Å²) in [6.45, 7) is 0. The molecular formula is C8H6N8O2. The molecule has 0 saturated carbocycles. The number of hydrogen-bond acceptors (Lipinski definition) is 8. The summed E-state index contributed by atoms with van der Waals surface area (Å²) in [5.41, 5.74) is 9.88. The molecule has 0 atom stereocenters. The third-order valence-corrected chi connectivity index (χ3v) is 2.25. The van der Waals surface area contributed by atoms with Gasteiger partial charge in [-0.05, 0) is 0 Å². The van der Waals surface area contributed by atoms with E-state index in [1.807, 2.05) is 4.98 Å². The van der Waals surface area contributed by atoms with E-state index in [-0.39, 0.29) is 34.1 Å². The first-order chi connectivity index (χ1) is 8.54. The lowest BCUT2D eigenvalue weighted by atomic mass is 10.4. The first-order valence-electron chi connectivity index (χ1n) is 4.77. The van der Waals surface area contributed by atoms with Crippen molar-refractivity contribution >= 4 is 34.1 Å². The number of nitrogens with two attached hydrogens (primary N) is 2. The number of nitrogens with zero attached hydrogens (tertiary/aromatic N) is 4. The number of hydrogen-bond donors (Lipinski definition) is 4. The molecule has 0 unspecified atom stereocenters. The monoisotopic (exact) mass is 246 g/mol. The lowest BCUT2D eigenvalue weighted by Gasteiger charge is -2.02. The van der Waals surface area contributed by atoms with Gasteiger partial charge in [-0.1, -0.05) is 0 Å².